The van der Waals surface area contributed by atoms with E-state index in [1.165, 1.54) is 7.11 Å². The molecule has 0 aliphatic carbocycles. The van der Waals surface area contributed by atoms with Gasteiger partial charge in [-0.1, -0.05) is 24.3 Å². The number of carbonyl (C=O) groups is 1. The van der Waals surface area contributed by atoms with E-state index in [1.807, 2.05) is 31.2 Å². The van der Waals surface area contributed by atoms with Crippen LogP contribution in [0.4, 0.5) is 0 Å². The van der Waals surface area contributed by atoms with Crippen molar-refractivity contribution in [2.24, 2.45) is 5.73 Å². The van der Waals surface area contributed by atoms with Crippen LogP contribution in [0.15, 0.2) is 24.3 Å². The quantitative estimate of drug-likeness (QED) is 0.805. The monoisotopic (exact) mass is 229 g/mol. The number of hydrogen-bond acceptors (Lipinski definition) is 3. The fourth-order valence-corrected chi connectivity index (χ4v) is 1.30. The summed E-state index contributed by atoms with van der Waals surface area (Å²) in [7, 11) is 1.39. The zero-order valence-electron chi connectivity index (χ0n) is 8.90. The Morgan fingerprint density at radius 2 is 2.20 bits per heavy atom. The number of ether oxygens (including phenoxy) is 1. The molecule has 1 atom stereocenters. The highest BCUT2D eigenvalue weighted by atomic mass is 35.5. The van der Waals surface area contributed by atoms with Crippen molar-refractivity contribution >= 4 is 18.4 Å². The first kappa shape index (κ1) is 13.9. The topological polar surface area (TPSA) is 52.3 Å². The Morgan fingerprint density at radius 3 is 2.73 bits per heavy atom. The SMILES string of the molecule is COC(=O)C(C)c1cccc(CN)c1.Cl. The fraction of sp³-hybridized carbons (Fsp3) is 0.364. The van der Waals surface area contributed by atoms with Gasteiger partial charge in [0.2, 0.25) is 0 Å². The third-order valence-corrected chi connectivity index (χ3v) is 2.24. The Balaban J connectivity index is 0.00000196. The molecule has 1 aromatic carbocycles. The predicted octanol–water partition coefficient (Wildman–Crippen LogP) is 1.84. The van der Waals surface area contributed by atoms with Crippen LogP contribution in [0.25, 0.3) is 0 Å². The number of carbonyl (C=O) groups excluding carboxylic acids is 1. The summed E-state index contributed by atoms with van der Waals surface area (Å²) >= 11 is 0. The molecule has 84 valence electrons. The molecule has 0 saturated heterocycles. The molecule has 4 heteroatoms. The molecule has 0 spiro atoms. The van der Waals surface area contributed by atoms with E-state index in [2.05, 4.69) is 4.74 Å². The van der Waals surface area contributed by atoms with Gasteiger partial charge in [0.25, 0.3) is 0 Å². The molecule has 0 saturated carbocycles. The van der Waals surface area contributed by atoms with Crippen molar-refractivity contribution < 1.29 is 9.53 Å². The molecule has 0 bridgehead atoms. The maximum Gasteiger partial charge on any atom is 0.312 e. The molecule has 0 aromatic heterocycles. The standard InChI is InChI=1S/C11H15NO2.ClH/c1-8(11(13)14-2)10-5-3-4-9(6-10)7-12;/h3-6,8H,7,12H2,1-2H3;1H. The number of nitrogens with two attached hydrogens (primary N) is 1. The summed E-state index contributed by atoms with van der Waals surface area (Å²) in [5.41, 5.74) is 7.48. The lowest BCUT2D eigenvalue weighted by molar-refractivity contribution is -0.141. The largest absolute Gasteiger partial charge is 0.469 e. The van der Waals surface area contributed by atoms with E-state index in [1.54, 1.807) is 0 Å². The molecule has 1 rings (SSSR count). The lowest BCUT2D eigenvalue weighted by atomic mass is 9.99. The van der Waals surface area contributed by atoms with E-state index in [0.717, 1.165) is 11.1 Å². The number of benzene rings is 1. The summed E-state index contributed by atoms with van der Waals surface area (Å²) < 4.78 is 4.67. The van der Waals surface area contributed by atoms with Crippen molar-refractivity contribution in [2.75, 3.05) is 7.11 Å². The zero-order valence-corrected chi connectivity index (χ0v) is 9.71. The van der Waals surface area contributed by atoms with E-state index in [9.17, 15) is 4.79 Å². The van der Waals surface area contributed by atoms with Gasteiger partial charge in [-0.05, 0) is 18.1 Å². The normalized spacial score (nSPS) is 11.4. The van der Waals surface area contributed by atoms with E-state index in [0.29, 0.717) is 6.54 Å². The summed E-state index contributed by atoms with van der Waals surface area (Å²) in [6.07, 6.45) is 0. The number of hydrogen-bond donors (Lipinski definition) is 1. The van der Waals surface area contributed by atoms with Gasteiger partial charge in [0, 0.05) is 6.54 Å². The average molecular weight is 230 g/mol. The molecule has 0 amide bonds. The summed E-state index contributed by atoms with van der Waals surface area (Å²) in [5, 5.41) is 0. The summed E-state index contributed by atoms with van der Waals surface area (Å²) in [6, 6.07) is 7.67. The van der Waals surface area contributed by atoms with E-state index >= 15 is 0 Å². The van der Waals surface area contributed by atoms with E-state index in [-0.39, 0.29) is 24.3 Å². The molecule has 0 aliphatic heterocycles. The second-order valence-electron chi connectivity index (χ2n) is 3.19. The summed E-state index contributed by atoms with van der Waals surface area (Å²) in [4.78, 5) is 11.3. The van der Waals surface area contributed by atoms with Gasteiger partial charge in [0.1, 0.15) is 0 Å². The van der Waals surface area contributed by atoms with Crippen LogP contribution in [-0.4, -0.2) is 13.1 Å². The minimum Gasteiger partial charge on any atom is -0.469 e. The molecule has 0 fully saturated rings. The molecule has 15 heavy (non-hydrogen) atoms. The maximum absolute atomic E-state index is 11.3. The second kappa shape index (κ2) is 6.43. The number of esters is 1. The Kier molecular flexibility index (Phi) is 5.97. The minimum atomic E-state index is -0.230. The van der Waals surface area contributed by atoms with Crippen LogP contribution < -0.4 is 5.73 Å². The van der Waals surface area contributed by atoms with Gasteiger partial charge in [-0.25, -0.2) is 0 Å². The Hall–Kier alpha value is -1.06. The molecule has 0 heterocycles. The molecule has 2 N–H and O–H groups in total. The van der Waals surface area contributed by atoms with Crippen LogP contribution in [0, 0.1) is 0 Å². The molecule has 0 aliphatic rings. The number of rotatable bonds is 3. The van der Waals surface area contributed by atoms with E-state index in [4.69, 9.17) is 5.73 Å². The van der Waals surface area contributed by atoms with Crippen molar-refractivity contribution in [3.05, 3.63) is 35.4 Å². The van der Waals surface area contributed by atoms with Crippen molar-refractivity contribution in [2.45, 2.75) is 19.4 Å². The van der Waals surface area contributed by atoms with Gasteiger partial charge in [0.15, 0.2) is 0 Å². The first-order valence-corrected chi connectivity index (χ1v) is 4.55. The minimum absolute atomic E-state index is 0. The first-order valence-electron chi connectivity index (χ1n) is 4.55. The van der Waals surface area contributed by atoms with Crippen LogP contribution in [-0.2, 0) is 16.1 Å². The van der Waals surface area contributed by atoms with E-state index < -0.39 is 0 Å². The molecule has 0 radical (unpaired) electrons. The van der Waals surface area contributed by atoms with Crippen LogP contribution >= 0.6 is 12.4 Å². The molecule has 1 aromatic rings. The molecule has 1 unspecified atom stereocenters. The lowest BCUT2D eigenvalue weighted by Gasteiger charge is -2.10. The van der Waals surface area contributed by atoms with Gasteiger partial charge in [-0.3, -0.25) is 4.79 Å². The van der Waals surface area contributed by atoms with Gasteiger partial charge in [0.05, 0.1) is 13.0 Å². The predicted molar refractivity (Wildman–Crippen MR) is 62.0 cm³/mol. The molecule has 3 nitrogen and oxygen atoms in total. The summed E-state index contributed by atoms with van der Waals surface area (Å²) in [5.74, 6) is -0.453. The first-order chi connectivity index (χ1) is 6.69. The van der Waals surface area contributed by atoms with Gasteiger partial charge in [-0.15, -0.1) is 12.4 Å². The Morgan fingerprint density at radius 1 is 1.53 bits per heavy atom. The number of halogens is 1. The maximum atomic E-state index is 11.3. The third kappa shape index (κ3) is 3.53. The van der Waals surface area contributed by atoms with Crippen molar-refractivity contribution in [1.29, 1.82) is 0 Å². The van der Waals surface area contributed by atoms with Gasteiger partial charge >= 0.3 is 5.97 Å². The van der Waals surface area contributed by atoms with Crippen molar-refractivity contribution in [3.63, 3.8) is 0 Å². The fourth-order valence-electron chi connectivity index (χ4n) is 1.30. The smallest absolute Gasteiger partial charge is 0.312 e. The van der Waals surface area contributed by atoms with Crippen LogP contribution in [0.5, 0.6) is 0 Å². The highest BCUT2D eigenvalue weighted by molar-refractivity contribution is 5.85. The number of methoxy groups -OCH3 is 1. The van der Waals surface area contributed by atoms with Gasteiger partial charge < -0.3 is 10.5 Å². The van der Waals surface area contributed by atoms with Crippen LogP contribution in [0.2, 0.25) is 0 Å². The van der Waals surface area contributed by atoms with Crippen molar-refractivity contribution in [1.82, 2.24) is 0 Å². The highest BCUT2D eigenvalue weighted by Crippen LogP contribution is 2.17. The zero-order chi connectivity index (χ0) is 10.6. The Bertz CT molecular complexity index is 328. The Labute approximate surface area is 96.0 Å². The summed E-state index contributed by atoms with van der Waals surface area (Å²) in [6.45, 7) is 2.31. The lowest BCUT2D eigenvalue weighted by Crippen LogP contribution is -2.11. The van der Waals surface area contributed by atoms with Gasteiger partial charge in [-0.2, -0.15) is 0 Å². The molecular formula is C11H16ClNO2. The van der Waals surface area contributed by atoms with Crippen LogP contribution in [0.3, 0.4) is 0 Å². The third-order valence-electron chi connectivity index (χ3n) is 2.24. The molecular weight excluding hydrogens is 214 g/mol. The van der Waals surface area contributed by atoms with Crippen LogP contribution in [0.1, 0.15) is 24.0 Å². The van der Waals surface area contributed by atoms with Crippen molar-refractivity contribution in [3.8, 4) is 0 Å². The highest BCUT2D eigenvalue weighted by Gasteiger charge is 2.15. The average Bonchev–Trinajstić information content (AvgIpc) is 2.27. The second-order valence-corrected chi connectivity index (χ2v) is 3.19.